The van der Waals surface area contributed by atoms with E-state index in [1.807, 2.05) is 20.8 Å². The zero-order valence-electron chi connectivity index (χ0n) is 20.5. The standard InChI is InChI=1S/C26H48O4/c1-6-7-8-12-16-19-24(27)20-17-14-11-9-10-13-15-18-23(21-22-29-5)25(28)30-26(2,3)4/h13,15,23H,6-12,14,16-22H2,1-5H3/b15-13+/t23-/m0/s1. The highest BCUT2D eigenvalue weighted by molar-refractivity contribution is 5.78. The van der Waals surface area contributed by atoms with Gasteiger partial charge in [0.05, 0.1) is 5.92 Å². The Morgan fingerprint density at radius 1 is 0.867 bits per heavy atom. The van der Waals surface area contributed by atoms with Crippen LogP contribution in [0.1, 0.15) is 118 Å². The Bertz CT molecular complexity index is 462. The molecule has 0 aromatic heterocycles. The maximum absolute atomic E-state index is 12.3. The van der Waals surface area contributed by atoms with E-state index < -0.39 is 5.60 Å². The van der Waals surface area contributed by atoms with E-state index in [9.17, 15) is 9.59 Å². The largest absolute Gasteiger partial charge is 0.460 e. The minimum Gasteiger partial charge on any atom is -0.460 e. The molecule has 0 spiro atoms. The Labute approximate surface area is 186 Å². The van der Waals surface area contributed by atoms with Crippen LogP contribution in [0.15, 0.2) is 12.2 Å². The number of allylic oxidation sites excluding steroid dienone is 2. The number of methoxy groups -OCH3 is 1. The first-order valence-electron chi connectivity index (χ1n) is 12.2. The van der Waals surface area contributed by atoms with Crippen molar-refractivity contribution in [2.45, 2.75) is 123 Å². The predicted molar refractivity (Wildman–Crippen MR) is 126 cm³/mol. The lowest BCUT2D eigenvalue weighted by molar-refractivity contribution is -0.160. The summed E-state index contributed by atoms with van der Waals surface area (Å²) in [4.78, 5) is 24.2. The molecule has 0 N–H and O–H groups in total. The SMILES string of the molecule is CCCCCCCC(=O)CCCCCC/C=C/C[C@@H](CCOC)C(=O)OC(C)(C)C. The van der Waals surface area contributed by atoms with Gasteiger partial charge in [-0.15, -0.1) is 0 Å². The van der Waals surface area contributed by atoms with Crippen LogP contribution in [0, 0.1) is 5.92 Å². The van der Waals surface area contributed by atoms with Crippen molar-refractivity contribution in [1.29, 1.82) is 0 Å². The van der Waals surface area contributed by atoms with Crippen molar-refractivity contribution < 1.29 is 19.1 Å². The lowest BCUT2D eigenvalue weighted by Crippen LogP contribution is -2.29. The van der Waals surface area contributed by atoms with E-state index in [0.717, 1.165) is 51.4 Å². The van der Waals surface area contributed by atoms with E-state index in [-0.39, 0.29) is 11.9 Å². The molecule has 0 heterocycles. The molecule has 0 saturated heterocycles. The van der Waals surface area contributed by atoms with Crippen LogP contribution in [0.25, 0.3) is 0 Å². The highest BCUT2D eigenvalue weighted by Gasteiger charge is 2.23. The first-order chi connectivity index (χ1) is 14.3. The van der Waals surface area contributed by atoms with E-state index in [4.69, 9.17) is 9.47 Å². The van der Waals surface area contributed by atoms with Gasteiger partial charge >= 0.3 is 5.97 Å². The van der Waals surface area contributed by atoms with Crippen molar-refractivity contribution in [3.05, 3.63) is 12.2 Å². The van der Waals surface area contributed by atoms with Gasteiger partial charge in [-0.1, -0.05) is 57.6 Å². The fourth-order valence-corrected chi connectivity index (χ4v) is 3.34. The lowest BCUT2D eigenvalue weighted by Gasteiger charge is -2.23. The van der Waals surface area contributed by atoms with Crippen molar-refractivity contribution in [2.75, 3.05) is 13.7 Å². The molecule has 1 atom stereocenters. The number of hydrogen-bond acceptors (Lipinski definition) is 4. The van der Waals surface area contributed by atoms with E-state index >= 15 is 0 Å². The third-order valence-corrected chi connectivity index (χ3v) is 5.13. The summed E-state index contributed by atoms with van der Waals surface area (Å²) in [6.07, 6.45) is 18.7. The molecule has 0 aromatic rings. The smallest absolute Gasteiger partial charge is 0.309 e. The van der Waals surface area contributed by atoms with Crippen LogP contribution in [0.3, 0.4) is 0 Å². The Morgan fingerprint density at radius 3 is 2.03 bits per heavy atom. The molecule has 176 valence electrons. The van der Waals surface area contributed by atoms with Crippen LogP contribution in [0.2, 0.25) is 0 Å². The molecule has 0 aliphatic carbocycles. The molecule has 0 saturated carbocycles. The summed E-state index contributed by atoms with van der Waals surface area (Å²) >= 11 is 0. The molecule has 0 rings (SSSR count). The van der Waals surface area contributed by atoms with Crippen LogP contribution in [0.5, 0.6) is 0 Å². The highest BCUT2D eigenvalue weighted by atomic mass is 16.6. The second-order valence-corrected chi connectivity index (χ2v) is 9.37. The molecular weight excluding hydrogens is 376 g/mol. The summed E-state index contributed by atoms with van der Waals surface area (Å²) < 4.78 is 10.7. The summed E-state index contributed by atoms with van der Waals surface area (Å²) in [6, 6.07) is 0. The van der Waals surface area contributed by atoms with Gasteiger partial charge in [0.25, 0.3) is 0 Å². The topological polar surface area (TPSA) is 52.6 Å². The molecule has 4 nitrogen and oxygen atoms in total. The van der Waals surface area contributed by atoms with Crippen molar-refractivity contribution >= 4 is 11.8 Å². The molecule has 0 aliphatic heterocycles. The van der Waals surface area contributed by atoms with Gasteiger partial charge < -0.3 is 9.47 Å². The monoisotopic (exact) mass is 424 g/mol. The number of Topliss-reactive ketones (excluding diaryl/α,β-unsaturated/α-hetero) is 1. The Morgan fingerprint density at radius 2 is 1.47 bits per heavy atom. The third-order valence-electron chi connectivity index (χ3n) is 5.13. The number of unbranched alkanes of at least 4 members (excludes halogenated alkanes) is 8. The van der Waals surface area contributed by atoms with Gasteiger partial charge in [0.2, 0.25) is 0 Å². The molecule has 0 fully saturated rings. The van der Waals surface area contributed by atoms with Gasteiger partial charge in [0.15, 0.2) is 0 Å². The minimum atomic E-state index is -0.456. The third kappa shape index (κ3) is 18.8. The fourth-order valence-electron chi connectivity index (χ4n) is 3.34. The van der Waals surface area contributed by atoms with Gasteiger partial charge in [-0.3, -0.25) is 9.59 Å². The molecule has 0 aromatic carbocycles. The average Bonchev–Trinajstić information content (AvgIpc) is 2.67. The molecule has 0 bridgehead atoms. The highest BCUT2D eigenvalue weighted by Crippen LogP contribution is 2.18. The molecule has 30 heavy (non-hydrogen) atoms. The minimum absolute atomic E-state index is 0.140. The molecule has 0 amide bonds. The summed E-state index contributed by atoms with van der Waals surface area (Å²) in [5, 5.41) is 0. The Balaban J connectivity index is 3.84. The normalized spacial score (nSPS) is 13.0. The quantitative estimate of drug-likeness (QED) is 0.125. The van der Waals surface area contributed by atoms with Crippen LogP contribution in [-0.2, 0) is 19.1 Å². The first-order valence-corrected chi connectivity index (χ1v) is 12.2. The van der Waals surface area contributed by atoms with Gasteiger partial charge in [-0.05, 0) is 59.3 Å². The van der Waals surface area contributed by atoms with Gasteiger partial charge in [-0.25, -0.2) is 0 Å². The first kappa shape index (κ1) is 28.8. The molecule has 0 radical (unpaired) electrons. The fraction of sp³-hybridized carbons (Fsp3) is 0.846. The molecule has 0 aliphatic rings. The molecule has 0 unspecified atom stereocenters. The number of esters is 1. The van der Waals surface area contributed by atoms with Crippen molar-refractivity contribution in [3.63, 3.8) is 0 Å². The van der Waals surface area contributed by atoms with Crippen molar-refractivity contribution in [2.24, 2.45) is 5.92 Å². The summed E-state index contributed by atoms with van der Waals surface area (Å²) in [5.74, 6) is 0.156. The maximum Gasteiger partial charge on any atom is 0.309 e. The van der Waals surface area contributed by atoms with Crippen molar-refractivity contribution in [1.82, 2.24) is 0 Å². The average molecular weight is 425 g/mol. The summed E-state index contributed by atoms with van der Waals surface area (Å²) in [7, 11) is 1.66. The van der Waals surface area contributed by atoms with E-state index in [1.165, 1.54) is 25.7 Å². The number of rotatable bonds is 19. The number of carbonyl (C=O) groups excluding carboxylic acids is 2. The zero-order valence-corrected chi connectivity index (χ0v) is 20.5. The number of hydrogen-bond donors (Lipinski definition) is 0. The molecular formula is C26H48O4. The van der Waals surface area contributed by atoms with E-state index in [1.54, 1.807) is 7.11 Å². The van der Waals surface area contributed by atoms with Crippen LogP contribution in [-0.4, -0.2) is 31.1 Å². The second-order valence-electron chi connectivity index (χ2n) is 9.37. The molecule has 4 heteroatoms. The van der Waals surface area contributed by atoms with Gasteiger partial charge in [-0.2, -0.15) is 0 Å². The Hall–Kier alpha value is -1.16. The summed E-state index contributed by atoms with van der Waals surface area (Å²) in [5.41, 5.74) is -0.456. The maximum atomic E-state index is 12.3. The summed E-state index contributed by atoms with van der Waals surface area (Å²) in [6.45, 7) is 8.47. The van der Waals surface area contributed by atoms with E-state index in [0.29, 0.717) is 25.2 Å². The number of carbonyl (C=O) groups is 2. The lowest BCUT2D eigenvalue weighted by atomic mass is 10.0. The van der Waals surface area contributed by atoms with E-state index in [2.05, 4.69) is 19.1 Å². The number of ether oxygens (including phenoxy) is 2. The van der Waals surface area contributed by atoms with Gasteiger partial charge in [0, 0.05) is 26.6 Å². The van der Waals surface area contributed by atoms with Crippen LogP contribution in [0.4, 0.5) is 0 Å². The number of ketones is 1. The second kappa shape index (κ2) is 18.6. The zero-order chi connectivity index (χ0) is 22.7. The van der Waals surface area contributed by atoms with Crippen LogP contribution >= 0.6 is 0 Å². The van der Waals surface area contributed by atoms with Gasteiger partial charge in [0.1, 0.15) is 11.4 Å². The van der Waals surface area contributed by atoms with Crippen molar-refractivity contribution in [3.8, 4) is 0 Å². The van der Waals surface area contributed by atoms with Crippen LogP contribution < -0.4 is 0 Å². The Kier molecular flexibility index (Phi) is 17.9. The predicted octanol–water partition coefficient (Wildman–Crippen LogP) is 7.20.